The zero-order valence-electron chi connectivity index (χ0n) is 10.4. The van der Waals surface area contributed by atoms with Crippen molar-refractivity contribution in [3.05, 3.63) is 70.1 Å². The fourth-order valence-electron chi connectivity index (χ4n) is 1.90. The van der Waals surface area contributed by atoms with Crippen molar-refractivity contribution in [3.8, 4) is 16.3 Å². The van der Waals surface area contributed by atoms with E-state index in [1.165, 1.54) is 11.3 Å². The van der Waals surface area contributed by atoms with Crippen LogP contribution in [0.4, 0.5) is 0 Å². The Morgan fingerprint density at radius 1 is 1.11 bits per heavy atom. The fraction of sp³-hybridized carbons (Fsp3) is 0.0667. The highest BCUT2D eigenvalue weighted by molar-refractivity contribution is 7.12. The van der Waals surface area contributed by atoms with E-state index in [4.69, 9.17) is 0 Å². The third kappa shape index (κ3) is 2.35. The number of rotatable bonds is 2. The standard InChI is InChI=1S/C15H12N2OS/c1-11-10-19-15(16-11)17-8-7-13(9-14(17)18)12-5-3-2-4-6-12/h2-10H,1H3. The van der Waals surface area contributed by atoms with Gasteiger partial charge in [0.15, 0.2) is 5.13 Å². The summed E-state index contributed by atoms with van der Waals surface area (Å²) in [6.45, 7) is 1.92. The molecule has 1 aromatic carbocycles. The molecule has 0 atom stereocenters. The lowest BCUT2D eigenvalue weighted by Crippen LogP contribution is -2.16. The number of aromatic nitrogens is 2. The van der Waals surface area contributed by atoms with Gasteiger partial charge in [0, 0.05) is 17.6 Å². The van der Waals surface area contributed by atoms with E-state index in [1.54, 1.807) is 16.8 Å². The van der Waals surface area contributed by atoms with Gasteiger partial charge in [0.2, 0.25) is 0 Å². The molecule has 0 saturated carbocycles. The van der Waals surface area contributed by atoms with E-state index in [2.05, 4.69) is 4.98 Å². The second kappa shape index (κ2) is 4.82. The van der Waals surface area contributed by atoms with E-state index in [1.807, 2.05) is 48.7 Å². The quantitative estimate of drug-likeness (QED) is 0.715. The number of hydrogen-bond donors (Lipinski definition) is 0. The summed E-state index contributed by atoms with van der Waals surface area (Å²) in [5.41, 5.74) is 2.84. The molecule has 0 aliphatic rings. The Balaban J connectivity index is 2.06. The van der Waals surface area contributed by atoms with Crippen LogP contribution in [0.5, 0.6) is 0 Å². The van der Waals surface area contributed by atoms with E-state index in [-0.39, 0.29) is 5.56 Å². The first kappa shape index (κ1) is 11.9. The van der Waals surface area contributed by atoms with Crippen LogP contribution in [0.2, 0.25) is 0 Å². The first-order valence-corrected chi connectivity index (χ1v) is 6.82. The first-order valence-electron chi connectivity index (χ1n) is 5.95. The van der Waals surface area contributed by atoms with Crippen LogP contribution in [0.15, 0.2) is 58.8 Å². The Bertz CT molecular complexity index is 759. The molecule has 0 saturated heterocycles. The number of benzene rings is 1. The summed E-state index contributed by atoms with van der Waals surface area (Å²) in [5, 5.41) is 2.65. The molecule has 3 rings (SSSR count). The molecule has 19 heavy (non-hydrogen) atoms. The third-order valence-electron chi connectivity index (χ3n) is 2.84. The van der Waals surface area contributed by atoms with Gasteiger partial charge in [0.1, 0.15) is 0 Å². The SMILES string of the molecule is Cc1csc(-n2ccc(-c3ccccc3)cc2=O)n1. The van der Waals surface area contributed by atoms with E-state index in [0.717, 1.165) is 16.8 Å². The average molecular weight is 268 g/mol. The molecule has 0 spiro atoms. The molecule has 0 fully saturated rings. The molecule has 0 aliphatic carbocycles. The molecule has 94 valence electrons. The summed E-state index contributed by atoms with van der Waals surface area (Å²) in [4.78, 5) is 16.5. The van der Waals surface area contributed by atoms with Crippen LogP contribution in [-0.2, 0) is 0 Å². The fourth-order valence-corrected chi connectivity index (χ4v) is 2.69. The highest BCUT2D eigenvalue weighted by atomic mass is 32.1. The Labute approximate surface area is 114 Å². The molecule has 0 amide bonds. The van der Waals surface area contributed by atoms with Crippen molar-refractivity contribution in [1.29, 1.82) is 0 Å². The largest absolute Gasteiger partial charge is 0.269 e. The Morgan fingerprint density at radius 2 is 1.89 bits per heavy atom. The van der Waals surface area contributed by atoms with Crippen molar-refractivity contribution < 1.29 is 0 Å². The van der Waals surface area contributed by atoms with Gasteiger partial charge in [0.05, 0.1) is 5.69 Å². The van der Waals surface area contributed by atoms with Crippen LogP contribution in [-0.4, -0.2) is 9.55 Å². The summed E-state index contributed by atoms with van der Waals surface area (Å²) in [6.07, 6.45) is 1.78. The molecule has 0 bridgehead atoms. The number of nitrogens with zero attached hydrogens (tertiary/aromatic N) is 2. The molecule has 0 N–H and O–H groups in total. The van der Waals surface area contributed by atoms with Gasteiger partial charge in [-0.25, -0.2) is 4.98 Å². The van der Waals surface area contributed by atoms with Gasteiger partial charge in [-0.15, -0.1) is 11.3 Å². The van der Waals surface area contributed by atoms with Crippen LogP contribution < -0.4 is 5.56 Å². The smallest absolute Gasteiger partial charge is 0.257 e. The molecular formula is C15H12N2OS. The maximum Gasteiger partial charge on any atom is 0.257 e. The minimum Gasteiger partial charge on any atom is -0.269 e. The lowest BCUT2D eigenvalue weighted by Gasteiger charge is -2.04. The minimum absolute atomic E-state index is 0.0595. The number of hydrogen-bond acceptors (Lipinski definition) is 3. The van der Waals surface area contributed by atoms with Gasteiger partial charge in [-0.1, -0.05) is 30.3 Å². The lowest BCUT2D eigenvalue weighted by atomic mass is 10.1. The predicted molar refractivity (Wildman–Crippen MR) is 77.9 cm³/mol. The highest BCUT2D eigenvalue weighted by Gasteiger charge is 2.05. The van der Waals surface area contributed by atoms with Crippen molar-refractivity contribution >= 4 is 11.3 Å². The van der Waals surface area contributed by atoms with Crippen molar-refractivity contribution in [2.24, 2.45) is 0 Å². The average Bonchev–Trinajstić information content (AvgIpc) is 2.86. The van der Waals surface area contributed by atoms with Crippen LogP contribution in [0, 0.1) is 6.92 Å². The summed E-state index contributed by atoms with van der Waals surface area (Å²) in [5.74, 6) is 0. The second-order valence-corrected chi connectivity index (χ2v) is 5.10. The molecule has 0 radical (unpaired) electrons. The van der Waals surface area contributed by atoms with Crippen LogP contribution in [0.25, 0.3) is 16.3 Å². The topological polar surface area (TPSA) is 34.9 Å². The third-order valence-corrected chi connectivity index (χ3v) is 3.80. The van der Waals surface area contributed by atoms with E-state index in [9.17, 15) is 4.79 Å². The molecule has 0 aliphatic heterocycles. The predicted octanol–water partition coefficient (Wildman–Crippen LogP) is 3.27. The van der Waals surface area contributed by atoms with Crippen LogP contribution in [0.1, 0.15) is 5.69 Å². The van der Waals surface area contributed by atoms with Crippen LogP contribution in [0.3, 0.4) is 0 Å². The van der Waals surface area contributed by atoms with Gasteiger partial charge in [-0.3, -0.25) is 9.36 Å². The molecule has 4 heteroatoms. The molecule has 3 nitrogen and oxygen atoms in total. The monoisotopic (exact) mass is 268 g/mol. The summed E-state index contributed by atoms with van der Waals surface area (Å²) >= 11 is 1.47. The van der Waals surface area contributed by atoms with E-state index in [0.29, 0.717) is 5.13 Å². The summed E-state index contributed by atoms with van der Waals surface area (Å²) in [7, 11) is 0. The van der Waals surface area contributed by atoms with E-state index >= 15 is 0 Å². The molecule has 2 heterocycles. The first-order chi connectivity index (χ1) is 9.24. The Hall–Kier alpha value is -2.20. The maximum absolute atomic E-state index is 12.2. The van der Waals surface area contributed by atoms with Gasteiger partial charge >= 0.3 is 0 Å². The van der Waals surface area contributed by atoms with Crippen molar-refractivity contribution in [2.45, 2.75) is 6.92 Å². The van der Waals surface area contributed by atoms with Crippen molar-refractivity contribution in [3.63, 3.8) is 0 Å². The summed E-state index contributed by atoms with van der Waals surface area (Å²) < 4.78 is 1.57. The second-order valence-electron chi connectivity index (χ2n) is 4.26. The Kier molecular flexibility index (Phi) is 3.01. The van der Waals surface area contributed by atoms with Crippen molar-refractivity contribution in [2.75, 3.05) is 0 Å². The van der Waals surface area contributed by atoms with Crippen LogP contribution >= 0.6 is 11.3 Å². The number of pyridine rings is 1. The highest BCUT2D eigenvalue weighted by Crippen LogP contribution is 2.18. The lowest BCUT2D eigenvalue weighted by molar-refractivity contribution is 0.964. The Morgan fingerprint density at radius 3 is 2.53 bits per heavy atom. The summed E-state index contributed by atoms with van der Waals surface area (Å²) in [6, 6.07) is 13.5. The molecular weight excluding hydrogens is 256 g/mol. The molecule has 0 unspecified atom stereocenters. The van der Waals surface area contributed by atoms with Gasteiger partial charge < -0.3 is 0 Å². The zero-order valence-corrected chi connectivity index (χ0v) is 11.2. The minimum atomic E-state index is -0.0595. The van der Waals surface area contributed by atoms with Gasteiger partial charge in [-0.05, 0) is 24.1 Å². The normalized spacial score (nSPS) is 10.6. The molecule has 2 aromatic heterocycles. The number of aryl methyl sites for hydroxylation is 1. The van der Waals surface area contributed by atoms with Crippen molar-refractivity contribution in [1.82, 2.24) is 9.55 Å². The van der Waals surface area contributed by atoms with Gasteiger partial charge in [0.25, 0.3) is 5.56 Å². The maximum atomic E-state index is 12.2. The molecule has 3 aromatic rings. The number of thiazole rings is 1. The van der Waals surface area contributed by atoms with E-state index < -0.39 is 0 Å². The zero-order chi connectivity index (χ0) is 13.2. The van der Waals surface area contributed by atoms with Gasteiger partial charge in [-0.2, -0.15) is 0 Å².